The average Bonchev–Trinajstić information content (AvgIpc) is 3.01. The number of thioether (sulfide) groups is 1. The molecule has 0 aliphatic heterocycles. The number of rotatable bonds is 5. The van der Waals surface area contributed by atoms with Crippen LogP contribution in [0.3, 0.4) is 0 Å². The fraction of sp³-hybridized carbons (Fsp3) is 0.294. The monoisotopic (exact) mass is 343 g/mol. The highest BCUT2D eigenvalue weighted by Gasteiger charge is 2.18. The van der Waals surface area contributed by atoms with Crippen molar-refractivity contribution < 1.29 is 9.59 Å². The minimum Gasteiger partial charge on any atom is -0.325 e. The Kier molecular flexibility index (Phi) is 4.80. The molecule has 0 atom stereocenters. The maximum atomic E-state index is 12.1. The number of hydrogen-bond donors (Lipinski definition) is 2. The molecule has 1 aliphatic rings. The third kappa shape index (κ3) is 3.73. The van der Waals surface area contributed by atoms with E-state index in [1.165, 1.54) is 18.7 Å². The summed E-state index contributed by atoms with van der Waals surface area (Å²) in [5, 5.41) is 3.42. The smallest absolute Gasteiger partial charge is 0.325 e. The normalized spacial score (nSPS) is 12.7. The minimum absolute atomic E-state index is 0.0161. The zero-order valence-corrected chi connectivity index (χ0v) is 14.0. The van der Waals surface area contributed by atoms with Gasteiger partial charge < -0.3 is 10.3 Å². The van der Waals surface area contributed by atoms with Crippen LogP contribution in [-0.4, -0.2) is 27.4 Å². The first kappa shape index (κ1) is 16.4. The number of aromatic amines is 1. The van der Waals surface area contributed by atoms with E-state index in [1.54, 1.807) is 24.3 Å². The quantitative estimate of drug-likeness (QED) is 0.493. The summed E-state index contributed by atoms with van der Waals surface area (Å²) in [6.07, 6.45) is 2.74. The third-order valence-corrected chi connectivity index (χ3v) is 4.87. The molecule has 124 valence electrons. The summed E-state index contributed by atoms with van der Waals surface area (Å²) in [4.78, 5) is 41.6. The number of nitrogens with one attached hydrogen (secondary N) is 2. The van der Waals surface area contributed by atoms with Crippen LogP contribution in [0.5, 0.6) is 0 Å². The number of fused-ring (bicyclic) bond motifs is 1. The number of Topliss-reactive ketones (excluding diaryl/α,β-unsaturated/α-hetero) is 1. The highest BCUT2D eigenvalue weighted by molar-refractivity contribution is 8.00. The molecule has 7 heteroatoms. The van der Waals surface area contributed by atoms with E-state index in [0.29, 0.717) is 16.3 Å². The number of aromatic nitrogens is 2. The van der Waals surface area contributed by atoms with Crippen LogP contribution in [0.15, 0.2) is 34.1 Å². The molecule has 0 fully saturated rings. The number of aryl methyl sites for hydroxylation is 1. The summed E-state index contributed by atoms with van der Waals surface area (Å²) in [7, 11) is 0. The number of H-pyrrole nitrogens is 1. The standard InChI is InChI=1S/C17H17N3O3S/c1-10(21)11-5-7-12(8-6-11)18-15(22)9-24-16-13-3-2-4-14(13)19-17(23)20-16/h5-8H,2-4,9H2,1H3,(H,18,22)(H,19,20,23). The fourth-order valence-corrected chi connectivity index (χ4v) is 3.56. The first-order chi connectivity index (χ1) is 11.5. The van der Waals surface area contributed by atoms with Crippen LogP contribution in [0.1, 0.15) is 35.0 Å². The number of anilines is 1. The number of hydrogen-bond acceptors (Lipinski definition) is 5. The van der Waals surface area contributed by atoms with Crippen LogP contribution in [0.25, 0.3) is 0 Å². The second kappa shape index (κ2) is 7.00. The molecule has 2 N–H and O–H groups in total. The summed E-state index contributed by atoms with van der Waals surface area (Å²) in [6, 6.07) is 6.75. The topological polar surface area (TPSA) is 91.9 Å². The van der Waals surface area contributed by atoms with Gasteiger partial charge in [0, 0.05) is 22.5 Å². The molecule has 1 aromatic heterocycles. The van der Waals surface area contributed by atoms with E-state index in [1.807, 2.05) is 0 Å². The van der Waals surface area contributed by atoms with Crippen molar-refractivity contribution in [1.82, 2.24) is 9.97 Å². The summed E-state index contributed by atoms with van der Waals surface area (Å²) in [5.41, 5.74) is 2.87. The first-order valence-corrected chi connectivity index (χ1v) is 8.67. The number of carbonyl (C=O) groups is 2. The van der Waals surface area contributed by atoms with E-state index in [4.69, 9.17) is 0 Å². The third-order valence-electron chi connectivity index (χ3n) is 3.85. The van der Waals surface area contributed by atoms with Crippen molar-refractivity contribution >= 4 is 29.1 Å². The van der Waals surface area contributed by atoms with Crippen molar-refractivity contribution in [2.45, 2.75) is 31.2 Å². The lowest BCUT2D eigenvalue weighted by Crippen LogP contribution is -2.17. The molecule has 24 heavy (non-hydrogen) atoms. The van der Waals surface area contributed by atoms with Gasteiger partial charge in [0.25, 0.3) is 0 Å². The molecule has 0 spiro atoms. The van der Waals surface area contributed by atoms with Crippen molar-refractivity contribution in [3.63, 3.8) is 0 Å². The molecular weight excluding hydrogens is 326 g/mol. The second-order valence-corrected chi connectivity index (χ2v) is 6.59. The minimum atomic E-state index is -0.363. The lowest BCUT2D eigenvalue weighted by atomic mass is 10.1. The highest BCUT2D eigenvalue weighted by atomic mass is 32.2. The molecule has 0 saturated heterocycles. The Morgan fingerprint density at radius 2 is 2.00 bits per heavy atom. The molecule has 1 amide bonds. The molecule has 3 rings (SSSR count). The predicted octanol–water partition coefficient (Wildman–Crippen LogP) is 2.19. The van der Waals surface area contributed by atoms with Gasteiger partial charge in [0.15, 0.2) is 5.78 Å². The number of ketones is 1. The van der Waals surface area contributed by atoms with Crippen molar-refractivity contribution in [3.8, 4) is 0 Å². The summed E-state index contributed by atoms with van der Waals surface area (Å²) in [6.45, 7) is 1.50. The van der Waals surface area contributed by atoms with Gasteiger partial charge in [-0.05, 0) is 50.5 Å². The Balaban J connectivity index is 1.62. The van der Waals surface area contributed by atoms with Crippen LogP contribution in [-0.2, 0) is 17.6 Å². The van der Waals surface area contributed by atoms with E-state index in [-0.39, 0.29) is 23.1 Å². The Morgan fingerprint density at radius 3 is 2.71 bits per heavy atom. The summed E-state index contributed by atoms with van der Waals surface area (Å²) in [5.74, 6) is -0.0146. The average molecular weight is 343 g/mol. The number of nitrogens with zero attached hydrogens (tertiary/aromatic N) is 1. The molecule has 0 saturated carbocycles. The van der Waals surface area contributed by atoms with Gasteiger partial charge in [-0.3, -0.25) is 9.59 Å². The molecule has 1 aromatic carbocycles. The molecule has 2 aromatic rings. The van der Waals surface area contributed by atoms with E-state index in [9.17, 15) is 14.4 Å². The SMILES string of the molecule is CC(=O)c1ccc(NC(=O)CSc2nc(=O)[nH]c3c2CCC3)cc1. The second-order valence-electron chi connectivity index (χ2n) is 5.63. The highest BCUT2D eigenvalue weighted by Crippen LogP contribution is 2.27. The van der Waals surface area contributed by atoms with E-state index in [2.05, 4.69) is 15.3 Å². The number of benzene rings is 1. The Labute approximate surface area is 143 Å². The van der Waals surface area contributed by atoms with Crippen LogP contribution in [0, 0.1) is 0 Å². The van der Waals surface area contributed by atoms with Gasteiger partial charge in [0.1, 0.15) is 5.03 Å². The maximum Gasteiger partial charge on any atom is 0.346 e. The first-order valence-electron chi connectivity index (χ1n) is 7.68. The van der Waals surface area contributed by atoms with Gasteiger partial charge in [0.05, 0.1) is 5.75 Å². The van der Waals surface area contributed by atoms with Crippen LogP contribution in [0.4, 0.5) is 5.69 Å². The van der Waals surface area contributed by atoms with Crippen LogP contribution in [0.2, 0.25) is 0 Å². The van der Waals surface area contributed by atoms with E-state index < -0.39 is 0 Å². The van der Waals surface area contributed by atoms with Gasteiger partial charge in [-0.2, -0.15) is 4.98 Å². The van der Waals surface area contributed by atoms with Gasteiger partial charge in [-0.15, -0.1) is 0 Å². The largest absolute Gasteiger partial charge is 0.346 e. The van der Waals surface area contributed by atoms with E-state index in [0.717, 1.165) is 30.5 Å². The molecule has 0 bridgehead atoms. The zero-order valence-electron chi connectivity index (χ0n) is 13.2. The van der Waals surface area contributed by atoms with Gasteiger partial charge in [-0.25, -0.2) is 4.79 Å². The molecule has 6 nitrogen and oxygen atoms in total. The number of amides is 1. The van der Waals surface area contributed by atoms with Crippen LogP contribution >= 0.6 is 11.8 Å². The lowest BCUT2D eigenvalue weighted by molar-refractivity contribution is -0.113. The number of carbonyl (C=O) groups excluding carboxylic acids is 2. The van der Waals surface area contributed by atoms with Crippen molar-refractivity contribution in [1.29, 1.82) is 0 Å². The Morgan fingerprint density at radius 1 is 1.25 bits per heavy atom. The predicted molar refractivity (Wildman–Crippen MR) is 92.7 cm³/mol. The van der Waals surface area contributed by atoms with Gasteiger partial charge in [0.2, 0.25) is 5.91 Å². The van der Waals surface area contributed by atoms with Crippen LogP contribution < -0.4 is 11.0 Å². The van der Waals surface area contributed by atoms with Crippen molar-refractivity contribution in [3.05, 3.63) is 51.6 Å². The Hall–Kier alpha value is -2.41. The molecule has 1 aliphatic carbocycles. The molecule has 1 heterocycles. The fourth-order valence-electron chi connectivity index (χ4n) is 2.67. The Bertz CT molecular complexity index is 843. The molecule has 0 unspecified atom stereocenters. The van der Waals surface area contributed by atoms with E-state index >= 15 is 0 Å². The summed E-state index contributed by atoms with van der Waals surface area (Å²) < 4.78 is 0. The molecular formula is C17H17N3O3S. The molecule has 0 radical (unpaired) electrons. The zero-order chi connectivity index (χ0) is 17.1. The van der Waals surface area contributed by atoms with Crippen molar-refractivity contribution in [2.24, 2.45) is 0 Å². The van der Waals surface area contributed by atoms with Gasteiger partial charge in [-0.1, -0.05) is 11.8 Å². The lowest BCUT2D eigenvalue weighted by Gasteiger charge is -2.07. The maximum absolute atomic E-state index is 12.1. The summed E-state index contributed by atoms with van der Waals surface area (Å²) >= 11 is 1.28. The van der Waals surface area contributed by atoms with Gasteiger partial charge >= 0.3 is 5.69 Å². The van der Waals surface area contributed by atoms with Crippen molar-refractivity contribution in [2.75, 3.05) is 11.1 Å².